The van der Waals surface area contributed by atoms with Gasteiger partial charge < -0.3 is 4.74 Å². The van der Waals surface area contributed by atoms with Crippen LogP contribution in [0.25, 0.3) is 15.9 Å². The van der Waals surface area contributed by atoms with Crippen LogP contribution in [0, 0.1) is 6.92 Å². The third-order valence-corrected chi connectivity index (χ3v) is 8.12. The van der Waals surface area contributed by atoms with Crippen molar-refractivity contribution < 1.29 is 14.3 Å². The predicted octanol–water partition coefficient (Wildman–Crippen LogP) is 4.67. The molecular formula is C25H21N3O4S2. The molecule has 2 aromatic carbocycles. The summed E-state index contributed by atoms with van der Waals surface area (Å²) >= 11 is 2.69. The van der Waals surface area contributed by atoms with Crippen LogP contribution in [-0.4, -0.2) is 39.3 Å². The molecule has 0 N–H and O–H groups in total. The monoisotopic (exact) mass is 491 g/mol. The first-order chi connectivity index (χ1) is 16.4. The van der Waals surface area contributed by atoms with Gasteiger partial charge in [0.1, 0.15) is 10.6 Å². The Bertz CT molecular complexity index is 1490. The van der Waals surface area contributed by atoms with E-state index in [1.807, 2.05) is 13.0 Å². The van der Waals surface area contributed by atoms with Crippen LogP contribution in [-0.2, 0) is 6.42 Å². The van der Waals surface area contributed by atoms with E-state index in [1.54, 1.807) is 49.6 Å². The lowest BCUT2D eigenvalue weighted by Crippen LogP contribution is -2.30. The second-order valence-corrected chi connectivity index (χ2v) is 9.77. The Labute approximate surface area is 204 Å². The maximum atomic E-state index is 13.7. The number of fused-ring (bicyclic) bond motifs is 2. The lowest BCUT2D eigenvalue weighted by Gasteiger charge is -2.16. The third kappa shape index (κ3) is 3.52. The van der Waals surface area contributed by atoms with E-state index < -0.39 is 0 Å². The van der Waals surface area contributed by atoms with Gasteiger partial charge in [0.2, 0.25) is 0 Å². The Hall–Kier alpha value is -3.43. The van der Waals surface area contributed by atoms with Crippen LogP contribution in [0.4, 0.5) is 0 Å². The number of aromatic nitrogens is 2. The molecule has 0 spiro atoms. The Kier molecular flexibility index (Phi) is 5.75. The van der Waals surface area contributed by atoms with Gasteiger partial charge in [-0.3, -0.25) is 23.9 Å². The van der Waals surface area contributed by atoms with Crippen molar-refractivity contribution in [2.75, 3.05) is 13.0 Å². The summed E-state index contributed by atoms with van der Waals surface area (Å²) in [5.74, 6) is -0.0364. The van der Waals surface area contributed by atoms with Gasteiger partial charge in [0.25, 0.3) is 17.4 Å². The summed E-state index contributed by atoms with van der Waals surface area (Å²) in [4.78, 5) is 47.1. The van der Waals surface area contributed by atoms with E-state index in [2.05, 4.69) is 6.92 Å². The number of aryl methyl sites for hydroxylation is 2. The van der Waals surface area contributed by atoms with Gasteiger partial charge in [-0.2, -0.15) is 0 Å². The quantitative estimate of drug-likeness (QED) is 0.221. The smallest absolute Gasteiger partial charge is 0.267 e. The molecule has 9 heteroatoms. The highest BCUT2D eigenvalue weighted by atomic mass is 32.2. The van der Waals surface area contributed by atoms with Gasteiger partial charge in [0, 0.05) is 10.9 Å². The van der Waals surface area contributed by atoms with Crippen molar-refractivity contribution >= 4 is 45.1 Å². The number of hydrogen-bond acceptors (Lipinski definition) is 7. The number of ether oxygens (including phenoxy) is 1. The van der Waals surface area contributed by atoms with Gasteiger partial charge in [-0.15, -0.1) is 11.3 Å². The number of nitrogens with zero attached hydrogens (tertiary/aromatic N) is 3. The van der Waals surface area contributed by atoms with Crippen LogP contribution in [0.5, 0.6) is 5.75 Å². The number of imide groups is 1. The average Bonchev–Trinajstić information content (AvgIpc) is 3.31. The second kappa shape index (κ2) is 8.73. The molecule has 0 fully saturated rings. The minimum Gasteiger partial charge on any atom is -0.497 e. The van der Waals surface area contributed by atoms with Gasteiger partial charge in [0.05, 0.1) is 35.2 Å². The van der Waals surface area contributed by atoms with Crippen molar-refractivity contribution in [1.82, 2.24) is 14.5 Å². The van der Waals surface area contributed by atoms with E-state index in [-0.39, 0.29) is 23.3 Å². The van der Waals surface area contributed by atoms with Crippen LogP contribution in [0.2, 0.25) is 0 Å². The zero-order valence-electron chi connectivity index (χ0n) is 18.8. The zero-order chi connectivity index (χ0) is 24.0. The first kappa shape index (κ1) is 22.4. The molecule has 4 aromatic rings. The average molecular weight is 492 g/mol. The van der Waals surface area contributed by atoms with Gasteiger partial charge in [0.15, 0.2) is 5.16 Å². The number of carbonyl (C=O) groups is 2. The molecule has 34 heavy (non-hydrogen) atoms. The Balaban J connectivity index is 1.61. The summed E-state index contributed by atoms with van der Waals surface area (Å²) < 4.78 is 6.89. The minimum atomic E-state index is -0.343. The van der Waals surface area contributed by atoms with Crippen LogP contribution in [0.3, 0.4) is 0 Å². The highest BCUT2D eigenvalue weighted by Gasteiger charge is 2.35. The maximum absolute atomic E-state index is 13.7. The summed E-state index contributed by atoms with van der Waals surface area (Å²) in [6.45, 7) is 4.00. The maximum Gasteiger partial charge on any atom is 0.267 e. The van der Waals surface area contributed by atoms with Crippen LogP contribution in [0.1, 0.15) is 38.1 Å². The molecule has 0 aliphatic carbocycles. The highest BCUT2D eigenvalue weighted by molar-refractivity contribution is 7.99. The molecule has 0 radical (unpaired) electrons. The van der Waals surface area contributed by atoms with Crippen LogP contribution in [0.15, 0.2) is 58.5 Å². The van der Waals surface area contributed by atoms with Gasteiger partial charge in [-0.1, -0.05) is 36.9 Å². The number of amides is 2. The van der Waals surface area contributed by atoms with Crippen molar-refractivity contribution in [2.24, 2.45) is 0 Å². The second-order valence-electron chi connectivity index (χ2n) is 7.78. The molecule has 7 nitrogen and oxygen atoms in total. The number of hydrogen-bond donors (Lipinski definition) is 0. The minimum absolute atomic E-state index is 0.0409. The first-order valence-electron chi connectivity index (χ1n) is 10.7. The molecule has 0 unspecified atom stereocenters. The standard InChI is InChI=1S/C25H21N3O4S2/c1-4-19-14(2)20-21(34-19)26-25(28(24(20)31)15-8-7-9-16(12-15)32-3)33-13-27-22(29)17-10-5-6-11-18(17)23(27)30/h5-12H,4,13H2,1-3H3. The lowest BCUT2D eigenvalue weighted by molar-refractivity contribution is 0.0684. The molecule has 0 saturated carbocycles. The number of benzene rings is 2. The highest BCUT2D eigenvalue weighted by Crippen LogP contribution is 2.32. The van der Waals surface area contributed by atoms with E-state index in [9.17, 15) is 14.4 Å². The molecule has 1 aliphatic rings. The third-order valence-electron chi connectivity index (χ3n) is 5.87. The zero-order valence-corrected chi connectivity index (χ0v) is 20.5. The Morgan fingerprint density at radius 3 is 2.38 bits per heavy atom. The molecule has 2 amide bonds. The molecule has 0 bridgehead atoms. The number of thioether (sulfide) groups is 1. The van der Waals surface area contributed by atoms with Gasteiger partial charge in [-0.05, 0) is 43.2 Å². The molecule has 0 saturated heterocycles. The summed E-state index contributed by atoms with van der Waals surface area (Å²) in [5, 5.41) is 1.00. The fraction of sp³-hybridized carbons (Fsp3) is 0.200. The fourth-order valence-electron chi connectivity index (χ4n) is 4.10. The van der Waals surface area contributed by atoms with Crippen molar-refractivity contribution in [3.05, 3.63) is 80.5 Å². The van der Waals surface area contributed by atoms with E-state index in [0.717, 1.165) is 16.9 Å². The van der Waals surface area contributed by atoms with Crippen LogP contribution >= 0.6 is 23.1 Å². The van der Waals surface area contributed by atoms with Crippen molar-refractivity contribution in [3.63, 3.8) is 0 Å². The Morgan fingerprint density at radius 1 is 1.03 bits per heavy atom. The first-order valence-corrected chi connectivity index (χ1v) is 12.5. The summed E-state index contributed by atoms with van der Waals surface area (Å²) in [6.07, 6.45) is 0.809. The molecule has 172 valence electrons. The van der Waals surface area contributed by atoms with E-state index >= 15 is 0 Å². The molecule has 0 atom stereocenters. The predicted molar refractivity (Wildman–Crippen MR) is 134 cm³/mol. The normalized spacial score (nSPS) is 13.1. The molecule has 1 aliphatic heterocycles. The number of carbonyl (C=O) groups excluding carboxylic acids is 2. The van der Waals surface area contributed by atoms with E-state index in [0.29, 0.717) is 37.9 Å². The molecule has 2 aromatic heterocycles. The van der Waals surface area contributed by atoms with E-state index in [1.165, 1.54) is 32.6 Å². The van der Waals surface area contributed by atoms with Crippen LogP contribution < -0.4 is 10.3 Å². The molecular weight excluding hydrogens is 470 g/mol. The largest absolute Gasteiger partial charge is 0.497 e. The summed E-state index contributed by atoms with van der Waals surface area (Å²) in [5.41, 5.74) is 2.14. The Morgan fingerprint density at radius 2 is 1.74 bits per heavy atom. The van der Waals surface area contributed by atoms with E-state index in [4.69, 9.17) is 9.72 Å². The fourth-order valence-corrected chi connectivity index (χ4v) is 6.22. The topological polar surface area (TPSA) is 81.5 Å². The summed E-state index contributed by atoms with van der Waals surface area (Å²) in [6, 6.07) is 14.0. The molecule has 3 heterocycles. The molecule has 5 rings (SSSR count). The van der Waals surface area contributed by atoms with Crippen molar-refractivity contribution in [1.29, 1.82) is 0 Å². The number of methoxy groups -OCH3 is 1. The van der Waals surface area contributed by atoms with Crippen molar-refractivity contribution in [2.45, 2.75) is 25.4 Å². The number of rotatable bonds is 6. The SMILES string of the molecule is CCc1sc2nc(SCN3C(=O)c4ccccc4C3=O)n(-c3cccc(OC)c3)c(=O)c2c1C. The summed E-state index contributed by atoms with van der Waals surface area (Å²) in [7, 11) is 1.57. The van der Waals surface area contributed by atoms with Gasteiger partial charge in [-0.25, -0.2) is 4.98 Å². The number of thiophene rings is 1. The van der Waals surface area contributed by atoms with Crippen molar-refractivity contribution in [3.8, 4) is 11.4 Å². The lowest BCUT2D eigenvalue weighted by atomic mass is 10.1. The van der Waals surface area contributed by atoms with Gasteiger partial charge >= 0.3 is 0 Å².